The second-order valence-electron chi connectivity index (χ2n) is 4.14. The normalized spacial score (nSPS) is 20.7. The van der Waals surface area contributed by atoms with Crippen molar-refractivity contribution in [1.82, 2.24) is 5.32 Å². The van der Waals surface area contributed by atoms with E-state index in [1.165, 1.54) is 0 Å². The second-order valence-corrected chi connectivity index (χ2v) is 5.70. The summed E-state index contributed by atoms with van der Waals surface area (Å²) in [6.07, 6.45) is -0.549. The molecule has 0 aromatic heterocycles. The molecule has 1 aliphatic rings. The lowest BCUT2D eigenvalue weighted by molar-refractivity contribution is -0.0573. The van der Waals surface area contributed by atoms with Crippen molar-refractivity contribution >= 4 is 10.1 Å². The molecule has 0 saturated carbocycles. The van der Waals surface area contributed by atoms with E-state index in [0.29, 0.717) is 18.5 Å². The van der Waals surface area contributed by atoms with E-state index >= 15 is 0 Å². The van der Waals surface area contributed by atoms with Gasteiger partial charge in [0, 0.05) is 6.54 Å². The highest BCUT2D eigenvalue weighted by atomic mass is 32.2. The van der Waals surface area contributed by atoms with Crippen LogP contribution in [0, 0.1) is 0 Å². The average molecular weight is 295 g/mol. The lowest BCUT2D eigenvalue weighted by Crippen LogP contribution is -2.30. The van der Waals surface area contributed by atoms with Crippen LogP contribution in [-0.2, 0) is 20.7 Å². The predicted octanol–water partition coefficient (Wildman–Crippen LogP) is 1.74. The zero-order valence-corrected chi connectivity index (χ0v) is 10.6. The van der Waals surface area contributed by atoms with E-state index in [1.54, 1.807) is 24.3 Å². The van der Waals surface area contributed by atoms with Gasteiger partial charge in [-0.1, -0.05) is 24.3 Å². The highest BCUT2D eigenvalue weighted by molar-refractivity contribution is 7.87. The minimum Gasteiger partial charge on any atom is -0.313 e. The van der Waals surface area contributed by atoms with Crippen LogP contribution in [-0.4, -0.2) is 27.0 Å². The molecule has 0 bridgehead atoms. The van der Waals surface area contributed by atoms with Crippen LogP contribution in [0.4, 0.5) is 13.2 Å². The SMILES string of the molecule is O=S(=O)(OC1CNCCc2ccccc21)C(F)(F)F. The molecular weight excluding hydrogens is 283 g/mol. The molecule has 8 heteroatoms. The first-order chi connectivity index (χ1) is 8.81. The van der Waals surface area contributed by atoms with Crippen LogP contribution in [0.2, 0.25) is 0 Å². The summed E-state index contributed by atoms with van der Waals surface area (Å²) in [7, 11) is -5.60. The van der Waals surface area contributed by atoms with Crippen molar-refractivity contribution in [3.05, 3.63) is 35.4 Å². The fourth-order valence-electron chi connectivity index (χ4n) is 1.94. The van der Waals surface area contributed by atoms with Gasteiger partial charge in [0.1, 0.15) is 6.10 Å². The van der Waals surface area contributed by atoms with Gasteiger partial charge in [-0.05, 0) is 24.1 Å². The minimum atomic E-state index is -5.60. The zero-order valence-electron chi connectivity index (χ0n) is 9.77. The van der Waals surface area contributed by atoms with Crippen LogP contribution in [0.25, 0.3) is 0 Å². The Morgan fingerprint density at radius 1 is 1.26 bits per heavy atom. The van der Waals surface area contributed by atoms with Crippen LogP contribution in [0.15, 0.2) is 24.3 Å². The van der Waals surface area contributed by atoms with E-state index in [9.17, 15) is 21.6 Å². The van der Waals surface area contributed by atoms with Crippen molar-refractivity contribution in [1.29, 1.82) is 0 Å². The molecule has 0 saturated heterocycles. The molecule has 0 aliphatic carbocycles. The van der Waals surface area contributed by atoms with Crippen LogP contribution in [0.5, 0.6) is 0 Å². The number of benzene rings is 1. The number of fused-ring (bicyclic) bond motifs is 1. The molecule has 1 aromatic carbocycles. The molecular formula is C11H12F3NO3S. The maximum absolute atomic E-state index is 12.3. The molecule has 1 unspecified atom stereocenters. The molecule has 106 valence electrons. The van der Waals surface area contributed by atoms with E-state index in [4.69, 9.17) is 0 Å². The summed E-state index contributed by atoms with van der Waals surface area (Å²) in [6.45, 7) is 0.579. The van der Waals surface area contributed by atoms with Gasteiger partial charge in [0.2, 0.25) is 0 Å². The summed E-state index contributed by atoms with van der Waals surface area (Å²) in [5.74, 6) is 0. The van der Waals surface area contributed by atoms with Gasteiger partial charge in [-0.3, -0.25) is 4.18 Å². The summed E-state index contributed by atoms with van der Waals surface area (Å²) in [6, 6.07) is 6.72. The maximum Gasteiger partial charge on any atom is 0.523 e. The Hall–Kier alpha value is -1.12. The first kappa shape index (κ1) is 14.3. The van der Waals surface area contributed by atoms with Crippen LogP contribution >= 0.6 is 0 Å². The largest absolute Gasteiger partial charge is 0.523 e. The van der Waals surface area contributed by atoms with Crippen molar-refractivity contribution in [2.45, 2.75) is 18.0 Å². The Bertz CT molecular complexity index is 557. The molecule has 1 aromatic rings. The third-order valence-electron chi connectivity index (χ3n) is 2.83. The highest BCUT2D eigenvalue weighted by Crippen LogP contribution is 2.32. The van der Waals surface area contributed by atoms with E-state index in [0.717, 1.165) is 5.56 Å². The number of hydrogen-bond donors (Lipinski definition) is 1. The first-order valence-electron chi connectivity index (χ1n) is 5.59. The summed E-state index contributed by atoms with van der Waals surface area (Å²) >= 11 is 0. The molecule has 0 fully saturated rings. The van der Waals surface area contributed by atoms with Crippen molar-refractivity contribution in [2.24, 2.45) is 0 Å². The molecule has 4 nitrogen and oxygen atoms in total. The minimum absolute atomic E-state index is 0.0202. The monoisotopic (exact) mass is 295 g/mol. The van der Waals surface area contributed by atoms with Gasteiger partial charge in [0.05, 0.1) is 0 Å². The Morgan fingerprint density at radius 2 is 1.95 bits per heavy atom. The van der Waals surface area contributed by atoms with E-state index in [1.807, 2.05) is 0 Å². The van der Waals surface area contributed by atoms with E-state index in [2.05, 4.69) is 9.50 Å². The molecule has 19 heavy (non-hydrogen) atoms. The fraction of sp³-hybridized carbons (Fsp3) is 0.455. The molecule has 1 aliphatic heterocycles. The second kappa shape index (κ2) is 5.10. The molecule has 0 spiro atoms. The molecule has 1 atom stereocenters. The maximum atomic E-state index is 12.3. The number of hydrogen-bond acceptors (Lipinski definition) is 4. The molecule has 1 heterocycles. The summed E-state index contributed by atoms with van der Waals surface area (Å²) < 4.78 is 63.5. The Balaban J connectivity index is 2.31. The van der Waals surface area contributed by atoms with Crippen LogP contribution < -0.4 is 5.32 Å². The van der Waals surface area contributed by atoms with Gasteiger partial charge in [0.15, 0.2) is 0 Å². The van der Waals surface area contributed by atoms with Gasteiger partial charge >= 0.3 is 15.6 Å². The zero-order chi connectivity index (χ0) is 14.1. The summed E-state index contributed by atoms with van der Waals surface area (Å²) in [5.41, 5.74) is -4.15. The number of nitrogens with one attached hydrogen (secondary N) is 1. The first-order valence-corrected chi connectivity index (χ1v) is 7.00. The number of halogens is 3. The third-order valence-corrected chi connectivity index (χ3v) is 3.88. The van der Waals surface area contributed by atoms with Crippen LogP contribution in [0.1, 0.15) is 17.2 Å². The highest BCUT2D eigenvalue weighted by Gasteiger charge is 2.49. The summed E-state index contributed by atoms with van der Waals surface area (Å²) in [4.78, 5) is 0. The third kappa shape index (κ3) is 3.07. The quantitative estimate of drug-likeness (QED) is 0.667. The van der Waals surface area contributed by atoms with Crippen molar-refractivity contribution in [3.63, 3.8) is 0 Å². The smallest absolute Gasteiger partial charge is 0.313 e. The summed E-state index contributed by atoms with van der Waals surface area (Å²) in [5, 5.41) is 2.86. The Morgan fingerprint density at radius 3 is 2.63 bits per heavy atom. The Kier molecular flexibility index (Phi) is 3.84. The topological polar surface area (TPSA) is 55.4 Å². The van der Waals surface area contributed by atoms with Gasteiger partial charge in [0.25, 0.3) is 0 Å². The van der Waals surface area contributed by atoms with Gasteiger partial charge < -0.3 is 5.32 Å². The van der Waals surface area contributed by atoms with E-state index in [-0.39, 0.29) is 6.54 Å². The lowest BCUT2D eigenvalue weighted by atomic mass is 10.0. The van der Waals surface area contributed by atoms with Crippen molar-refractivity contribution in [3.8, 4) is 0 Å². The van der Waals surface area contributed by atoms with Crippen molar-refractivity contribution < 1.29 is 25.8 Å². The van der Waals surface area contributed by atoms with Gasteiger partial charge in [-0.2, -0.15) is 21.6 Å². The molecule has 0 radical (unpaired) electrons. The van der Waals surface area contributed by atoms with Gasteiger partial charge in [-0.25, -0.2) is 0 Å². The number of alkyl halides is 3. The average Bonchev–Trinajstić information content (AvgIpc) is 2.50. The predicted molar refractivity (Wildman–Crippen MR) is 61.8 cm³/mol. The molecule has 0 amide bonds. The van der Waals surface area contributed by atoms with Crippen molar-refractivity contribution in [2.75, 3.05) is 13.1 Å². The molecule has 2 rings (SSSR count). The molecule has 1 N–H and O–H groups in total. The number of rotatable bonds is 2. The van der Waals surface area contributed by atoms with Crippen LogP contribution in [0.3, 0.4) is 0 Å². The standard InChI is InChI=1S/C11H12F3NO3S/c12-11(13,14)19(16,17)18-10-7-15-6-5-8-3-1-2-4-9(8)10/h1-4,10,15H,5-7H2. The Labute approximate surface area is 108 Å². The van der Waals surface area contributed by atoms with Gasteiger partial charge in [-0.15, -0.1) is 0 Å². The fourth-order valence-corrected chi connectivity index (χ4v) is 2.52. The lowest BCUT2D eigenvalue weighted by Gasteiger charge is -2.18. The van der Waals surface area contributed by atoms with E-state index < -0.39 is 21.7 Å².